The van der Waals surface area contributed by atoms with E-state index in [-0.39, 0.29) is 5.69 Å². The molecule has 0 aromatic carbocycles. The molecule has 0 fully saturated rings. The van der Waals surface area contributed by atoms with E-state index in [1.807, 2.05) is 0 Å². The molecule has 1 heterocycles. The Morgan fingerprint density at radius 1 is 1.59 bits per heavy atom. The summed E-state index contributed by atoms with van der Waals surface area (Å²) >= 11 is 0. The molecule has 0 radical (unpaired) electrons. The molecular formula is C11H20N4O2. The summed E-state index contributed by atoms with van der Waals surface area (Å²) in [5, 5.41) is 19.4. The van der Waals surface area contributed by atoms with Gasteiger partial charge in [0, 0.05) is 12.6 Å². The Balaban J connectivity index is 2.33. The Morgan fingerprint density at radius 2 is 2.29 bits per heavy atom. The molecule has 0 aliphatic heterocycles. The van der Waals surface area contributed by atoms with Crippen LogP contribution in [0.2, 0.25) is 0 Å². The fourth-order valence-corrected chi connectivity index (χ4v) is 1.47. The maximum Gasteiger partial charge on any atom is 0.358 e. The molecule has 1 aromatic rings. The van der Waals surface area contributed by atoms with E-state index in [2.05, 4.69) is 36.4 Å². The molecule has 2 N–H and O–H groups in total. The minimum absolute atomic E-state index is 0.0139. The first-order valence-electron chi connectivity index (χ1n) is 5.91. The topological polar surface area (TPSA) is 80.0 Å². The van der Waals surface area contributed by atoms with Crippen molar-refractivity contribution in [2.24, 2.45) is 5.92 Å². The molecule has 6 heteroatoms. The standard InChI is InChI=1S/C11H20N4O2/c1-4-8(2)9(3)12-5-6-15-7-10(11(16)17)13-14-15/h7-9,12H,4-6H2,1-3H3,(H,16,17). The fourth-order valence-electron chi connectivity index (χ4n) is 1.47. The van der Waals surface area contributed by atoms with Crippen molar-refractivity contribution in [1.82, 2.24) is 20.3 Å². The van der Waals surface area contributed by atoms with Gasteiger partial charge in [-0.15, -0.1) is 5.10 Å². The largest absolute Gasteiger partial charge is 0.476 e. The molecule has 1 aromatic heterocycles. The molecule has 0 saturated heterocycles. The van der Waals surface area contributed by atoms with E-state index in [4.69, 9.17) is 5.11 Å². The number of rotatable bonds is 7. The van der Waals surface area contributed by atoms with Gasteiger partial charge in [0.2, 0.25) is 0 Å². The van der Waals surface area contributed by atoms with Crippen LogP contribution in [0.4, 0.5) is 0 Å². The molecule has 17 heavy (non-hydrogen) atoms. The van der Waals surface area contributed by atoms with Crippen LogP contribution in [-0.2, 0) is 6.54 Å². The van der Waals surface area contributed by atoms with Crippen LogP contribution in [0.25, 0.3) is 0 Å². The molecule has 2 atom stereocenters. The molecule has 0 spiro atoms. The molecule has 96 valence electrons. The number of aromatic nitrogens is 3. The predicted octanol–water partition coefficient (Wildman–Crippen LogP) is 1.00. The van der Waals surface area contributed by atoms with Gasteiger partial charge < -0.3 is 10.4 Å². The predicted molar refractivity (Wildman–Crippen MR) is 63.9 cm³/mol. The highest BCUT2D eigenvalue weighted by molar-refractivity contribution is 5.84. The summed E-state index contributed by atoms with van der Waals surface area (Å²) in [4.78, 5) is 10.6. The molecule has 0 aliphatic rings. The molecule has 0 amide bonds. The van der Waals surface area contributed by atoms with Crippen LogP contribution in [0.15, 0.2) is 6.20 Å². The fraction of sp³-hybridized carbons (Fsp3) is 0.727. The molecule has 0 bridgehead atoms. The van der Waals surface area contributed by atoms with Crippen LogP contribution in [-0.4, -0.2) is 38.7 Å². The van der Waals surface area contributed by atoms with Crippen molar-refractivity contribution >= 4 is 5.97 Å². The zero-order valence-electron chi connectivity index (χ0n) is 10.6. The van der Waals surface area contributed by atoms with Gasteiger partial charge in [0.25, 0.3) is 0 Å². The Labute approximate surface area is 101 Å². The molecular weight excluding hydrogens is 220 g/mol. The third kappa shape index (κ3) is 4.14. The van der Waals surface area contributed by atoms with Crippen LogP contribution < -0.4 is 5.32 Å². The van der Waals surface area contributed by atoms with Crippen LogP contribution >= 0.6 is 0 Å². The van der Waals surface area contributed by atoms with Crippen molar-refractivity contribution in [3.05, 3.63) is 11.9 Å². The zero-order valence-corrected chi connectivity index (χ0v) is 10.6. The second-order valence-corrected chi connectivity index (χ2v) is 4.30. The smallest absolute Gasteiger partial charge is 0.358 e. The van der Waals surface area contributed by atoms with Crippen molar-refractivity contribution in [1.29, 1.82) is 0 Å². The summed E-state index contributed by atoms with van der Waals surface area (Å²) in [5.41, 5.74) is -0.0139. The van der Waals surface area contributed by atoms with Gasteiger partial charge >= 0.3 is 5.97 Å². The maximum atomic E-state index is 10.6. The van der Waals surface area contributed by atoms with Gasteiger partial charge in [0.15, 0.2) is 5.69 Å². The van der Waals surface area contributed by atoms with E-state index < -0.39 is 5.97 Å². The third-order valence-electron chi connectivity index (χ3n) is 3.06. The third-order valence-corrected chi connectivity index (χ3v) is 3.06. The zero-order chi connectivity index (χ0) is 12.8. The van der Waals surface area contributed by atoms with Gasteiger partial charge in [0.05, 0.1) is 12.7 Å². The second kappa shape index (κ2) is 6.34. The normalized spacial score (nSPS) is 14.5. The summed E-state index contributed by atoms with van der Waals surface area (Å²) in [6, 6.07) is 0.447. The van der Waals surface area contributed by atoms with E-state index in [1.54, 1.807) is 4.68 Å². The molecule has 1 rings (SSSR count). The summed E-state index contributed by atoms with van der Waals surface area (Å²) in [5.74, 6) is -0.419. The van der Waals surface area contributed by atoms with Crippen LogP contribution in [0.5, 0.6) is 0 Å². The maximum absolute atomic E-state index is 10.6. The number of carboxylic acid groups (broad SMARTS) is 1. The van der Waals surface area contributed by atoms with E-state index in [0.717, 1.165) is 13.0 Å². The quantitative estimate of drug-likeness (QED) is 0.743. The van der Waals surface area contributed by atoms with Crippen LogP contribution in [0.3, 0.4) is 0 Å². The van der Waals surface area contributed by atoms with Gasteiger partial charge in [-0.2, -0.15) is 0 Å². The Kier molecular flexibility index (Phi) is 5.09. The average Bonchev–Trinajstić information content (AvgIpc) is 2.76. The minimum Gasteiger partial charge on any atom is -0.476 e. The Bertz CT molecular complexity index is 364. The van der Waals surface area contributed by atoms with Crippen LogP contribution in [0, 0.1) is 5.92 Å². The number of aromatic carboxylic acids is 1. The molecule has 0 saturated carbocycles. The van der Waals surface area contributed by atoms with Crippen LogP contribution in [0.1, 0.15) is 37.7 Å². The Hall–Kier alpha value is -1.43. The SMILES string of the molecule is CCC(C)C(C)NCCn1cc(C(=O)O)nn1. The lowest BCUT2D eigenvalue weighted by atomic mass is 10.0. The van der Waals surface area contributed by atoms with Gasteiger partial charge in [-0.3, -0.25) is 4.68 Å². The Morgan fingerprint density at radius 3 is 2.82 bits per heavy atom. The molecule has 6 nitrogen and oxygen atoms in total. The average molecular weight is 240 g/mol. The number of hydrogen-bond acceptors (Lipinski definition) is 4. The lowest BCUT2D eigenvalue weighted by molar-refractivity contribution is 0.0690. The number of carboxylic acids is 1. The van der Waals surface area contributed by atoms with Crippen molar-refractivity contribution in [3.8, 4) is 0 Å². The lowest BCUT2D eigenvalue weighted by Crippen LogP contribution is -2.34. The first-order valence-corrected chi connectivity index (χ1v) is 5.91. The monoisotopic (exact) mass is 240 g/mol. The first kappa shape index (κ1) is 13.6. The van der Waals surface area contributed by atoms with Gasteiger partial charge in [0.1, 0.15) is 0 Å². The highest BCUT2D eigenvalue weighted by Crippen LogP contribution is 2.05. The second-order valence-electron chi connectivity index (χ2n) is 4.30. The lowest BCUT2D eigenvalue weighted by Gasteiger charge is -2.19. The first-order chi connectivity index (χ1) is 8.04. The van der Waals surface area contributed by atoms with Gasteiger partial charge in [-0.1, -0.05) is 25.5 Å². The summed E-state index contributed by atoms with van der Waals surface area (Å²) in [6.07, 6.45) is 2.58. The van der Waals surface area contributed by atoms with Crippen molar-refractivity contribution in [2.75, 3.05) is 6.54 Å². The minimum atomic E-state index is -1.04. The summed E-state index contributed by atoms with van der Waals surface area (Å²) in [6.45, 7) is 7.90. The van der Waals surface area contributed by atoms with E-state index >= 15 is 0 Å². The van der Waals surface area contributed by atoms with Gasteiger partial charge in [-0.25, -0.2) is 4.79 Å². The molecule has 2 unspecified atom stereocenters. The highest BCUT2D eigenvalue weighted by Gasteiger charge is 2.10. The van der Waals surface area contributed by atoms with E-state index in [0.29, 0.717) is 18.5 Å². The van der Waals surface area contributed by atoms with Gasteiger partial charge in [-0.05, 0) is 12.8 Å². The van der Waals surface area contributed by atoms with Crippen molar-refractivity contribution in [3.63, 3.8) is 0 Å². The van der Waals surface area contributed by atoms with E-state index in [1.165, 1.54) is 6.20 Å². The van der Waals surface area contributed by atoms with E-state index in [9.17, 15) is 4.79 Å². The van der Waals surface area contributed by atoms with Crippen molar-refractivity contribution in [2.45, 2.75) is 39.8 Å². The number of nitrogens with zero attached hydrogens (tertiary/aromatic N) is 3. The molecule has 0 aliphatic carbocycles. The number of carbonyl (C=O) groups is 1. The number of nitrogens with one attached hydrogen (secondary N) is 1. The summed E-state index contributed by atoms with van der Waals surface area (Å²) < 4.78 is 1.54. The summed E-state index contributed by atoms with van der Waals surface area (Å²) in [7, 11) is 0. The van der Waals surface area contributed by atoms with Crippen molar-refractivity contribution < 1.29 is 9.90 Å². The highest BCUT2D eigenvalue weighted by atomic mass is 16.4. The number of hydrogen-bond donors (Lipinski definition) is 2.